The summed E-state index contributed by atoms with van der Waals surface area (Å²) in [5, 5.41) is 0. The zero-order valence-electron chi connectivity index (χ0n) is 9.20. The molecule has 0 saturated carbocycles. The molecule has 1 rings (SSSR count). The van der Waals surface area contributed by atoms with Crippen LogP contribution in [-0.2, 0) is 0 Å². The molecule has 0 bridgehead atoms. The molecule has 0 aliphatic carbocycles. The molecule has 1 aromatic rings. The smallest absolute Gasteiger partial charge is 0.280 e. The molecule has 2 nitrogen and oxygen atoms in total. The monoisotopic (exact) mass is 227 g/mol. The molecule has 0 aliphatic rings. The van der Waals surface area contributed by atoms with E-state index in [0.29, 0.717) is 16.9 Å². The number of amides is 1. The Bertz CT molecular complexity index is 329. The van der Waals surface area contributed by atoms with Crippen molar-refractivity contribution in [1.29, 1.82) is 0 Å². The fourth-order valence-corrected chi connectivity index (χ4v) is 1.41. The van der Waals surface area contributed by atoms with Gasteiger partial charge in [0.15, 0.2) is 0 Å². The van der Waals surface area contributed by atoms with Gasteiger partial charge in [-0.3, -0.25) is 4.90 Å². The van der Waals surface area contributed by atoms with Crippen molar-refractivity contribution < 1.29 is 13.6 Å². The van der Waals surface area contributed by atoms with E-state index >= 15 is 0 Å². The Morgan fingerprint density at radius 3 is 2.50 bits per heavy atom. The Labute approximate surface area is 93.9 Å². The molecule has 0 aromatic heterocycles. The van der Waals surface area contributed by atoms with Crippen molar-refractivity contribution in [3.8, 4) is 0 Å². The molecule has 88 valence electrons. The number of halogens is 2. The summed E-state index contributed by atoms with van der Waals surface area (Å²) in [4.78, 5) is 11.3. The van der Waals surface area contributed by atoms with Crippen LogP contribution >= 0.6 is 0 Å². The predicted octanol–water partition coefficient (Wildman–Crippen LogP) is 3.85. The molecule has 0 spiro atoms. The van der Waals surface area contributed by atoms with Crippen molar-refractivity contribution in [2.45, 2.75) is 26.1 Å². The van der Waals surface area contributed by atoms with Gasteiger partial charge in [0.1, 0.15) is 0 Å². The van der Waals surface area contributed by atoms with E-state index in [4.69, 9.17) is 0 Å². The van der Waals surface area contributed by atoms with E-state index in [9.17, 15) is 13.6 Å². The normalized spacial score (nSPS) is 12.2. The summed E-state index contributed by atoms with van der Waals surface area (Å²) in [6, 6.07) is 8.12. The summed E-state index contributed by atoms with van der Waals surface area (Å²) in [6.45, 7) is 2.00. The summed E-state index contributed by atoms with van der Waals surface area (Å²) in [5.74, 6) is 0. The van der Waals surface area contributed by atoms with Crippen molar-refractivity contribution in [2.24, 2.45) is 0 Å². The highest BCUT2D eigenvalue weighted by molar-refractivity contribution is 5.66. The van der Waals surface area contributed by atoms with Crippen LogP contribution in [0.5, 0.6) is 0 Å². The number of benzene rings is 1. The molecule has 4 heteroatoms. The first-order valence-corrected chi connectivity index (χ1v) is 5.32. The molecule has 0 radical (unpaired) electrons. The summed E-state index contributed by atoms with van der Waals surface area (Å²) < 4.78 is 26.5. The van der Waals surface area contributed by atoms with Gasteiger partial charge in [-0.25, -0.2) is 9.18 Å². The van der Waals surface area contributed by atoms with Gasteiger partial charge in [-0.05, 0) is 6.42 Å². The fraction of sp³-hybridized carbons (Fsp3) is 0.417. The van der Waals surface area contributed by atoms with Crippen LogP contribution in [0.25, 0.3) is 0 Å². The molecule has 0 aliphatic heterocycles. The van der Waals surface area contributed by atoms with Crippen LogP contribution in [0.3, 0.4) is 0 Å². The predicted molar refractivity (Wildman–Crippen MR) is 58.4 cm³/mol. The molecular weight excluding hydrogens is 212 g/mol. The number of unbranched alkanes of at least 4 members (excludes halogenated alkanes) is 1. The van der Waals surface area contributed by atoms with Gasteiger partial charge in [-0.2, -0.15) is 0 Å². The topological polar surface area (TPSA) is 20.3 Å². The largest absolute Gasteiger partial charge is 0.402 e. The lowest BCUT2D eigenvalue weighted by Crippen LogP contribution is -2.30. The minimum atomic E-state index is -1.72. The van der Waals surface area contributed by atoms with Crippen LogP contribution in [0.1, 0.15) is 31.6 Å². The zero-order valence-corrected chi connectivity index (χ0v) is 9.20. The Morgan fingerprint density at radius 1 is 1.38 bits per heavy atom. The van der Waals surface area contributed by atoms with Gasteiger partial charge in [0.2, 0.25) is 6.30 Å². The minimum absolute atomic E-state index is 0.0991. The SMILES string of the molecule is CCCCN(C(=O)F)C(F)c1ccccc1. The van der Waals surface area contributed by atoms with Gasteiger partial charge < -0.3 is 0 Å². The number of carbonyl (C=O) groups is 1. The number of hydrogen-bond donors (Lipinski definition) is 0. The van der Waals surface area contributed by atoms with Crippen LogP contribution < -0.4 is 0 Å². The van der Waals surface area contributed by atoms with Crippen molar-refractivity contribution in [1.82, 2.24) is 4.90 Å². The van der Waals surface area contributed by atoms with E-state index in [-0.39, 0.29) is 6.54 Å². The maximum Gasteiger partial charge on any atom is 0.402 e. The molecule has 1 unspecified atom stereocenters. The van der Waals surface area contributed by atoms with E-state index in [1.165, 1.54) is 12.1 Å². The van der Waals surface area contributed by atoms with E-state index in [1.54, 1.807) is 18.2 Å². The fourth-order valence-electron chi connectivity index (χ4n) is 1.41. The lowest BCUT2D eigenvalue weighted by Gasteiger charge is -2.22. The molecule has 0 N–H and O–H groups in total. The molecule has 1 amide bonds. The van der Waals surface area contributed by atoms with Gasteiger partial charge in [-0.1, -0.05) is 43.7 Å². The van der Waals surface area contributed by atoms with Crippen LogP contribution in [0, 0.1) is 0 Å². The molecule has 1 atom stereocenters. The van der Waals surface area contributed by atoms with E-state index < -0.39 is 12.5 Å². The first-order chi connectivity index (χ1) is 7.66. The van der Waals surface area contributed by atoms with Gasteiger partial charge >= 0.3 is 6.16 Å². The highest BCUT2D eigenvalue weighted by Gasteiger charge is 2.23. The lowest BCUT2D eigenvalue weighted by atomic mass is 10.2. The molecule has 1 aromatic carbocycles. The van der Waals surface area contributed by atoms with Gasteiger partial charge in [0, 0.05) is 12.1 Å². The number of nitrogens with zero attached hydrogens (tertiary/aromatic N) is 1. The van der Waals surface area contributed by atoms with Crippen molar-refractivity contribution in [3.63, 3.8) is 0 Å². The molecule has 16 heavy (non-hydrogen) atoms. The van der Waals surface area contributed by atoms with E-state index in [2.05, 4.69) is 0 Å². The summed E-state index contributed by atoms with van der Waals surface area (Å²) in [6.07, 6.45) is -2.05. The molecule has 0 fully saturated rings. The van der Waals surface area contributed by atoms with Crippen molar-refractivity contribution >= 4 is 6.16 Å². The Morgan fingerprint density at radius 2 is 2.00 bits per heavy atom. The summed E-state index contributed by atoms with van der Waals surface area (Å²) in [5.41, 5.74) is 0.296. The van der Waals surface area contributed by atoms with Crippen LogP contribution in [0.4, 0.5) is 13.6 Å². The highest BCUT2D eigenvalue weighted by atomic mass is 19.2. The van der Waals surface area contributed by atoms with Gasteiger partial charge in [-0.15, -0.1) is 4.39 Å². The Balaban J connectivity index is 2.75. The van der Waals surface area contributed by atoms with Gasteiger partial charge in [0.25, 0.3) is 0 Å². The van der Waals surface area contributed by atoms with Crippen LogP contribution in [-0.4, -0.2) is 17.6 Å². The third-order valence-electron chi connectivity index (χ3n) is 2.33. The molecule has 0 saturated heterocycles. The second kappa shape index (κ2) is 6.20. The third-order valence-corrected chi connectivity index (χ3v) is 2.33. The number of carbonyl (C=O) groups excluding carboxylic acids is 1. The highest BCUT2D eigenvalue weighted by Crippen LogP contribution is 2.23. The summed E-state index contributed by atoms with van der Waals surface area (Å²) >= 11 is 0. The first-order valence-electron chi connectivity index (χ1n) is 5.32. The number of rotatable bonds is 5. The Kier molecular flexibility index (Phi) is 4.89. The number of alkyl halides is 1. The van der Waals surface area contributed by atoms with E-state index in [0.717, 1.165) is 6.42 Å². The van der Waals surface area contributed by atoms with Crippen LogP contribution in [0.15, 0.2) is 30.3 Å². The Hall–Kier alpha value is -1.45. The van der Waals surface area contributed by atoms with Crippen LogP contribution in [0.2, 0.25) is 0 Å². The average Bonchev–Trinajstić information content (AvgIpc) is 2.30. The zero-order chi connectivity index (χ0) is 12.0. The third kappa shape index (κ3) is 3.29. The van der Waals surface area contributed by atoms with Gasteiger partial charge in [0.05, 0.1) is 0 Å². The quantitative estimate of drug-likeness (QED) is 0.552. The maximum atomic E-state index is 13.8. The number of hydrogen-bond acceptors (Lipinski definition) is 1. The minimum Gasteiger partial charge on any atom is -0.280 e. The average molecular weight is 227 g/mol. The second-order valence-electron chi connectivity index (χ2n) is 3.55. The van der Waals surface area contributed by atoms with Crippen molar-refractivity contribution in [2.75, 3.05) is 6.54 Å². The molecule has 0 heterocycles. The standard InChI is InChI=1S/C12H15F2NO/c1-2-3-9-15(12(14)16)11(13)10-7-5-4-6-8-10/h4-8,11H,2-3,9H2,1H3. The molecular formula is C12H15F2NO. The van der Waals surface area contributed by atoms with Crippen molar-refractivity contribution in [3.05, 3.63) is 35.9 Å². The first kappa shape index (κ1) is 12.6. The second-order valence-corrected chi connectivity index (χ2v) is 3.55. The summed E-state index contributed by atoms with van der Waals surface area (Å²) in [7, 11) is 0. The lowest BCUT2D eigenvalue weighted by molar-refractivity contribution is 0.0887. The van der Waals surface area contributed by atoms with E-state index in [1.807, 2.05) is 6.92 Å². The maximum absolute atomic E-state index is 13.8.